The molecule has 26 heavy (non-hydrogen) atoms. The topological polar surface area (TPSA) is 72.1 Å². The van der Waals surface area contributed by atoms with Crippen molar-refractivity contribution in [3.63, 3.8) is 0 Å². The Bertz CT molecular complexity index is 890. The van der Waals surface area contributed by atoms with Crippen molar-refractivity contribution in [1.82, 2.24) is 20.0 Å². The third-order valence-electron chi connectivity index (χ3n) is 4.73. The normalized spacial score (nSPS) is 17.3. The van der Waals surface area contributed by atoms with Crippen molar-refractivity contribution in [2.24, 2.45) is 0 Å². The van der Waals surface area contributed by atoms with Crippen LogP contribution >= 0.6 is 0 Å². The number of aromatic nitrogens is 3. The SMILES string of the molecule is Cc1ccc(C(=O)N2CCCCC2c2nc(-c3ccncc3)no2)cc1. The maximum atomic E-state index is 13.0. The van der Waals surface area contributed by atoms with Gasteiger partial charge in [-0.05, 0) is 50.5 Å². The van der Waals surface area contributed by atoms with E-state index >= 15 is 0 Å². The zero-order valence-corrected chi connectivity index (χ0v) is 14.6. The van der Waals surface area contributed by atoms with Gasteiger partial charge in [-0.15, -0.1) is 0 Å². The summed E-state index contributed by atoms with van der Waals surface area (Å²) in [6.07, 6.45) is 6.24. The number of likely N-dealkylation sites (tertiary alicyclic amines) is 1. The second-order valence-electron chi connectivity index (χ2n) is 6.57. The fraction of sp³-hybridized carbons (Fsp3) is 0.300. The van der Waals surface area contributed by atoms with Crippen molar-refractivity contribution in [3.05, 3.63) is 65.8 Å². The number of aryl methyl sites for hydroxylation is 1. The summed E-state index contributed by atoms with van der Waals surface area (Å²) >= 11 is 0. The fourth-order valence-corrected chi connectivity index (χ4v) is 3.28. The van der Waals surface area contributed by atoms with E-state index in [4.69, 9.17) is 4.52 Å². The van der Waals surface area contributed by atoms with E-state index in [0.717, 1.165) is 30.4 Å². The van der Waals surface area contributed by atoms with E-state index in [1.807, 2.05) is 48.2 Å². The van der Waals surface area contributed by atoms with Crippen molar-refractivity contribution < 1.29 is 9.32 Å². The van der Waals surface area contributed by atoms with Crippen LogP contribution in [0.5, 0.6) is 0 Å². The summed E-state index contributed by atoms with van der Waals surface area (Å²) in [5.41, 5.74) is 2.68. The lowest BCUT2D eigenvalue weighted by Gasteiger charge is -2.33. The van der Waals surface area contributed by atoms with Gasteiger partial charge < -0.3 is 9.42 Å². The van der Waals surface area contributed by atoms with Gasteiger partial charge in [0.1, 0.15) is 6.04 Å². The molecule has 1 fully saturated rings. The summed E-state index contributed by atoms with van der Waals surface area (Å²) < 4.78 is 5.52. The number of rotatable bonds is 3. The van der Waals surface area contributed by atoms with Gasteiger partial charge in [0.2, 0.25) is 11.7 Å². The fourth-order valence-electron chi connectivity index (χ4n) is 3.28. The number of nitrogens with zero attached hydrogens (tertiary/aromatic N) is 4. The minimum absolute atomic E-state index is 0.0124. The predicted octanol–water partition coefficient (Wildman–Crippen LogP) is 3.81. The van der Waals surface area contributed by atoms with Crippen molar-refractivity contribution in [2.75, 3.05) is 6.54 Å². The zero-order valence-electron chi connectivity index (χ0n) is 14.6. The van der Waals surface area contributed by atoms with Crippen LogP contribution in [0.1, 0.15) is 47.1 Å². The molecule has 1 aliphatic rings. The Kier molecular flexibility index (Phi) is 4.48. The number of hydrogen-bond donors (Lipinski definition) is 0. The molecule has 0 bridgehead atoms. The van der Waals surface area contributed by atoms with E-state index in [0.29, 0.717) is 23.8 Å². The molecule has 3 heterocycles. The molecule has 0 radical (unpaired) electrons. The Labute approximate surface area is 151 Å². The second kappa shape index (κ2) is 7.07. The summed E-state index contributed by atoms with van der Waals surface area (Å²) in [6, 6.07) is 11.2. The van der Waals surface area contributed by atoms with Gasteiger partial charge in [-0.1, -0.05) is 22.9 Å². The number of hydrogen-bond acceptors (Lipinski definition) is 5. The summed E-state index contributed by atoms with van der Waals surface area (Å²) in [4.78, 5) is 23.4. The summed E-state index contributed by atoms with van der Waals surface area (Å²) in [5, 5.41) is 4.09. The van der Waals surface area contributed by atoms with Gasteiger partial charge in [0.05, 0.1) is 0 Å². The van der Waals surface area contributed by atoms with Crippen LogP contribution in [-0.2, 0) is 0 Å². The van der Waals surface area contributed by atoms with Gasteiger partial charge in [0.15, 0.2) is 0 Å². The molecule has 0 N–H and O–H groups in total. The monoisotopic (exact) mass is 348 g/mol. The Balaban J connectivity index is 1.61. The Morgan fingerprint density at radius 2 is 1.88 bits per heavy atom. The Hall–Kier alpha value is -3.02. The lowest BCUT2D eigenvalue weighted by molar-refractivity contribution is 0.0561. The van der Waals surface area contributed by atoms with Gasteiger partial charge in [0.25, 0.3) is 5.91 Å². The molecule has 0 aliphatic carbocycles. The maximum Gasteiger partial charge on any atom is 0.254 e. The molecule has 1 aromatic carbocycles. The molecular weight excluding hydrogens is 328 g/mol. The van der Waals surface area contributed by atoms with E-state index in [2.05, 4.69) is 15.1 Å². The molecule has 1 saturated heterocycles. The largest absolute Gasteiger partial charge is 0.337 e. The van der Waals surface area contributed by atoms with Crippen LogP contribution in [0.25, 0.3) is 11.4 Å². The van der Waals surface area contributed by atoms with Gasteiger partial charge in [0, 0.05) is 30.1 Å². The number of carbonyl (C=O) groups is 1. The molecule has 1 aliphatic heterocycles. The van der Waals surface area contributed by atoms with Crippen molar-refractivity contribution >= 4 is 5.91 Å². The molecule has 3 aromatic rings. The van der Waals surface area contributed by atoms with E-state index in [1.54, 1.807) is 12.4 Å². The predicted molar refractivity (Wildman–Crippen MR) is 96.3 cm³/mol. The van der Waals surface area contributed by atoms with Crippen LogP contribution in [-0.4, -0.2) is 32.5 Å². The highest BCUT2D eigenvalue weighted by molar-refractivity contribution is 5.94. The van der Waals surface area contributed by atoms with E-state index < -0.39 is 0 Å². The first-order chi connectivity index (χ1) is 12.7. The molecule has 1 unspecified atom stereocenters. The second-order valence-corrected chi connectivity index (χ2v) is 6.57. The van der Waals surface area contributed by atoms with Gasteiger partial charge in [-0.25, -0.2) is 0 Å². The number of benzene rings is 1. The maximum absolute atomic E-state index is 13.0. The molecule has 132 valence electrons. The lowest BCUT2D eigenvalue weighted by Crippen LogP contribution is -2.38. The standard InChI is InChI=1S/C20H20N4O2/c1-14-5-7-16(8-6-14)20(25)24-13-3-2-4-17(24)19-22-18(23-26-19)15-9-11-21-12-10-15/h5-12,17H,2-4,13H2,1H3. The Morgan fingerprint density at radius 1 is 1.12 bits per heavy atom. The summed E-state index contributed by atoms with van der Waals surface area (Å²) in [5.74, 6) is 1.03. The summed E-state index contributed by atoms with van der Waals surface area (Å²) in [7, 11) is 0. The number of amides is 1. The smallest absolute Gasteiger partial charge is 0.254 e. The quantitative estimate of drug-likeness (QED) is 0.720. The molecule has 1 amide bonds. The van der Waals surface area contributed by atoms with Crippen LogP contribution < -0.4 is 0 Å². The first-order valence-electron chi connectivity index (χ1n) is 8.84. The van der Waals surface area contributed by atoms with E-state index in [1.165, 1.54) is 0 Å². The van der Waals surface area contributed by atoms with Crippen molar-refractivity contribution in [2.45, 2.75) is 32.2 Å². The molecule has 1 atom stereocenters. The molecule has 2 aromatic heterocycles. The molecule has 4 rings (SSSR count). The zero-order chi connectivity index (χ0) is 17.9. The first-order valence-corrected chi connectivity index (χ1v) is 8.84. The van der Waals surface area contributed by atoms with Gasteiger partial charge in [-0.3, -0.25) is 9.78 Å². The van der Waals surface area contributed by atoms with Crippen LogP contribution in [0.4, 0.5) is 0 Å². The van der Waals surface area contributed by atoms with Crippen molar-refractivity contribution in [3.8, 4) is 11.4 Å². The highest BCUT2D eigenvalue weighted by Gasteiger charge is 2.32. The molecule has 0 spiro atoms. The van der Waals surface area contributed by atoms with E-state index in [9.17, 15) is 4.79 Å². The van der Waals surface area contributed by atoms with Crippen LogP contribution in [0.2, 0.25) is 0 Å². The van der Waals surface area contributed by atoms with Crippen LogP contribution in [0.3, 0.4) is 0 Å². The Morgan fingerprint density at radius 3 is 2.65 bits per heavy atom. The van der Waals surface area contributed by atoms with Gasteiger partial charge >= 0.3 is 0 Å². The third kappa shape index (κ3) is 3.22. The molecule has 0 saturated carbocycles. The highest BCUT2D eigenvalue weighted by atomic mass is 16.5. The minimum atomic E-state index is -0.180. The van der Waals surface area contributed by atoms with Crippen LogP contribution in [0, 0.1) is 6.92 Å². The molecule has 6 nitrogen and oxygen atoms in total. The van der Waals surface area contributed by atoms with Gasteiger partial charge in [-0.2, -0.15) is 4.98 Å². The third-order valence-corrected chi connectivity index (χ3v) is 4.73. The number of pyridine rings is 1. The first kappa shape index (κ1) is 16.4. The minimum Gasteiger partial charge on any atom is -0.337 e. The van der Waals surface area contributed by atoms with E-state index in [-0.39, 0.29) is 11.9 Å². The average molecular weight is 348 g/mol. The summed E-state index contributed by atoms with van der Waals surface area (Å²) in [6.45, 7) is 2.71. The average Bonchev–Trinajstić information content (AvgIpc) is 3.19. The highest BCUT2D eigenvalue weighted by Crippen LogP contribution is 2.32. The number of carbonyl (C=O) groups excluding carboxylic acids is 1. The molecular formula is C20H20N4O2. The molecule has 6 heteroatoms. The van der Waals surface area contributed by atoms with Crippen LogP contribution in [0.15, 0.2) is 53.3 Å². The van der Waals surface area contributed by atoms with Crippen molar-refractivity contribution in [1.29, 1.82) is 0 Å². The number of piperidine rings is 1. The lowest BCUT2D eigenvalue weighted by atomic mass is 10.0.